The van der Waals surface area contributed by atoms with Crippen molar-refractivity contribution in [3.05, 3.63) is 57.7 Å². The van der Waals surface area contributed by atoms with E-state index in [0.717, 1.165) is 0 Å². The Kier molecular flexibility index (Phi) is 4.11. The van der Waals surface area contributed by atoms with Crippen LogP contribution in [0.4, 0.5) is 4.39 Å². The van der Waals surface area contributed by atoms with Gasteiger partial charge >= 0.3 is 0 Å². The third kappa shape index (κ3) is 3.29. The lowest BCUT2D eigenvalue weighted by Crippen LogP contribution is -2.17. The number of amides is 1. The lowest BCUT2D eigenvalue weighted by atomic mass is 10.2. The first-order chi connectivity index (χ1) is 9.08. The molecule has 1 heterocycles. The van der Waals surface area contributed by atoms with Gasteiger partial charge in [0.2, 0.25) is 0 Å². The standard InChI is InChI=1S/C13H10BrFN2O2/c1-8-10(4-5-19-8)13(18)17-16-7-9-2-3-12(15)11(14)6-9/h2-7H,1H3,(H,17,18)/b16-7+. The van der Waals surface area contributed by atoms with E-state index in [-0.39, 0.29) is 11.7 Å². The summed E-state index contributed by atoms with van der Waals surface area (Å²) in [7, 11) is 0. The number of benzene rings is 1. The van der Waals surface area contributed by atoms with Crippen LogP contribution in [0, 0.1) is 12.7 Å². The molecule has 0 radical (unpaired) electrons. The Hall–Kier alpha value is -1.95. The minimum atomic E-state index is -0.358. The van der Waals surface area contributed by atoms with E-state index in [4.69, 9.17) is 4.42 Å². The van der Waals surface area contributed by atoms with Crippen LogP contribution in [-0.4, -0.2) is 12.1 Å². The van der Waals surface area contributed by atoms with Gasteiger partial charge in [-0.2, -0.15) is 5.10 Å². The average molecular weight is 325 g/mol. The van der Waals surface area contributed by atoms with E-state index in [0.29, 0.717) is 21.4 Å². The zero-order valence-electron chi connectivity index (χ0n) is 9.98. The van der Waals surface area contributed by atoms with Gasteiger partial charge in [0.25, 0.3) is 5.91 Å². The maximum absolute atomic E-state index is 13.0. The normalized spacial score (nSPS) is 10.9. The Morgan fingerprint density at radius 1 is 1.47 bits per heavy atom. The fraction of sp³-hybridized carbons (Fsp3) is 0.0769. The number of carbonyl (C=O) groups is 1. The van der Waals surface area contributed by atoms with Crippen LogP contribution in [0.1, 0.15) is 21.7 Å². The monoisotopic (exact) mass is 324 g/mol. The average Bonchev–Trinajstić information content (AvgIpc) is 2.80. The van der Waals surface area contributed by atoms with Crippen molar-refractivity contribution in [3.63, 3.8) is 0 Å². The molecule has 0 saturated carbocycles. The first-order valence-electron chi connectivity index (χ1n) is 5.40. The fourth-order valence-electron chi connectivity index (χ4n) is 1.44. The summed E-state index contributed by atoms with van der Waals surface area (Å²) in [6.45, 7) is 1.69. The Labute approximate surface area is 117 Å². The first-order valence-corrected chi connectivity index (χ1v) is 6.20. The molecule has 1 aromatic heterocycles. The van der Waals surface area contributed by atoms with Gasteiger partial charge in [0.05, 0.1) is 22.5 Å². The molecule has 0 fully saturated rings. The molecular formula is C13H10BrFN2O2. The van der Waals surface area contributed by atoms with Crippen LogP contribution in [0.3, 0.4) is 0 Å². The van der Waals surface area contributed by atoms with Crippen molar-refractivity contribution in [1.29, 1.82) is 0 Å². The molecule has 2 rings (SSSR count). The number of furan rings is 1. The van der Waals surface area contributed by atoms with Crippen LogP contribution >= 0.6 is 15.9 Å². The highest BCUT2D eigenvalue weighted by molar-refractivity contribution is 9.10. The molecule has 1 N–H and O–H groups in total. The van der Waals surface area contributed by atoms with Crippen LogP contribution in [0.5, 0.6) is 0 Å². The largest absolute Gasteiger partial charge is 0.469 e. The Bertz CT molecular complexity index is 637. The highest BCUT2D eigenvalue weighted by atomic mass is 79.9. The van der Waals surface area contributed by atoms with Crippen LogP contribution < -0.4 is 5.43 Å². The summed E-state index contributed by atoms with van der Waals surface area (Å²) in [4.78, 5) is 11.7. The lowest BCUT2D eigenvalue weighted by Gasteiger charge is -1.98. The van der Waals surface area contributed by atoms with Crippen LogP contribution in [-0.2, 0) is 0 Å². The van der Waals surface area contributed by atoms with Gasteiger partial charge in [-0.05, 0) is 46.6 Å². The van der Waals surface area contributed by atoms with Gasteiger partial charge in [-0.25, -0.2) is 9.82 Å². The molecule has 4 nitrogen and oxygen atoms in total. The number of carbonyl (C=O) groups excluding carboxylic acids is 1. The van der Waals surface area contributed by atoms with Crippen molar-refractivity contribution >= 4 is 28.1 Å². The number of nitrogens with zero attached hydrogens (tertiary/aromatic N) is 1. The third-order valence-corrected chi connectivity index (χ3v) is 3.03. The summed E-state index contributed by atoms with van der Waals surface area (Å²) in [5.41, 5.74) is 3.46. The van der Waals surface area contributed by atoms with E-state index < -0.39 is 0 Å². The molecule has 2 aromatic rings. The number of halogens is 2. The summed E-state index contributed by atoms with van der Waals surface area (Å²) in [6, 6.07) is 6.00. The van der Waals surface area contributed by atoms with Crippen molar-refractivity contribution in [2.45, 2.75) is 6.92 Å². The quantitative estimate of drug-likeness (QED) is 0.696. The molecule has 1 aromatic carbocycles. The Morgan fingerprint density at radius 2 is 2.26 bits per heavy atom. The fourth-order valence-corrected chi connectivity index (χ4v) is 1.84. The molecule has 0 aliphatic carbocycles. The second kappa shape index (κ2) is 5.79. The summed E-state index contributed by atoms with van der Waals surface area (Å²) >= 11 is 3.07. The van der Waals surface area contributed by atoms with Crippen LogP contribution in [0.25, 0.3) is 0 Å². The predicted molar refractivity (Wildman–Crippen MR) is 72.6 cm³/mol. The molecule has 19 heavy (non-hydrogen) atoms. The van der Waals surface area contributed by atoms with Crippen LogP contribution in [0.15, 0.2) is 44.5 Å². The Morgan fingerprint density at radius 3 is 2.89 bits per heavy atom. The molecule has 1 amide bonds. The zero-order chi connectivity index (χ0) is 13.8. The van der Waals surface area contributed by atoms with E-state index in [2.05, 4.69) is 26.5 Å². The van der Waals surface area contributed by atoms with Gasteiger partial charge in [0.1, 0.15) is 11.6 Å². The van der Waals surface area contributed by atoms with Crippen molar-refractivity contribution < 1.29 is 13.6 Å². The third-order valence-electron chi connectivity index (χ3n) is 2.43. The molecule has 6 heteroatoms. The molecule has 0 aliphatic rings. The summed E-state index contributed by atoms with van der Waals surface area (Å²) < 4.78 is 18.4. The molecule has 98 valence electrons. The predicted octanol–water partition coefficient (Wildman–Crippen LogP) is 3.25. The zero-order valence-corrected chi connectivity index (χ0v) is 11.6. The first kappa shape index (κ1) is 13.5. The lowest BCUT2D eigenvalue weighted by molar-refractivity contribution is 0.0953. The summed E-state index contributed by atoms with van der Waals surface area (Å²) in [5, 5.41) is 3.80. The van der Waals surface area contributed by atoms with E-state index >= 15 is 0 Å². The number of aryl methyl sites for hydroxylation is 1. The second-order valence-electron chi connectivity index (χ2n) is 3.76. The van der Waals surface area contributed by atoms with E-state index in [9.17, 15) is 9.18 Å². The van der Waals surface area contributed by atoms with Crippen molar-refractivity contribution in [2.75, 3.05) is 0 Å². The van der Waals surface area contributed by atoms with Gasteiger partial charge < -0.3 is 4.42 Å². The number of rotatable bonds is 3. The number of nitrogens with one attached hydrogen (secondary N) is 1. The van der Waals surface area contributed by atoms with Gasteiger partial charge in [0, 0.05) is 0 Å². The molecule has 0 atom stereocenters. The molecule has 0 saturated heterocycles. The van der Waals surface area contributed by atoms with Crippen LogP contribution in [0.2, 0.25) is 0 Å². The van der Waals surface area contributed by atoms with Gasteiger partial charge in [-0.3, -0.25) is 4.79 Å². The molecular weight excluding hydrogens is 315 g/mol. The second-order valence-corrected chi connectivity index (χ2v) is 4.62. The molecule has 0 aliphatic heterocycles. The SMILES string of the molecule is Cc1occc1C(=O)N/N=C/c1ccc(F)c(Br)c1. The van der Waals surface area contributed by atoms with Crippen molar-refractivity contribution in [3.8, 4) is 0 Å². The van der Waals surface area contributed by atoms with E-state index in [1.165, 1.54) is 18.5 Å². The molecule has 0 unspecified atom stereocenters. The van der Waals surface area contributed by atoms with E-state index in [1.54, 1.807) is 25.1 Å². The molecule has 0 spiro atoms. The van der Waals surface area contributed by atoms with E-state index in [1.807, 2.05) is 0 Å². The minimum absolute atomic E-state index is 0.341. The number of hydrogen-bond acceptors (Lipinski definition) is 3. The van der Waals surface area contributed by atoms with Gasteiger partial charge in [0.15, 0.2) is 0 Å². The smallest absolute Gasteiger partial charge is 0.274 e. The number of hydrazone groups is 1. The van der Waals surface area contributed by atoms with Crippen molar-refractivity contribution in [2.24, 2.45) is 5.10 Å². The summed E-state index contributed by atoms with van der Waals surface area (Å²) in [6.07, 6.45) is 2.86. The number of hydrogen-bond donors (Lipinski definition) is 1. The van der Waals surface area contributed by atoms with Crippen molar-refractivity contribution in [1.82, 2.24) is 5.43 Å². The molecule has 0 bridgehead atoms. The maximum atomic E-state index is 13.0. The summed E-state index contributed by atoms with van der Waals surface area (Å²) in [5.74, 6) is -0.184. The highest BCUT2D eigenvalue weighted by Gasteiger charge is 2.09. The minimum Gasteiger partial charge on any atom is -0.469 e. The van der Waals surface area contributed by atoms with Gasteiger partial charge in [-0.15, -0.1) is 0 Å². The van der Waals surface area contributed by atoms with Gasteiger partial charge in [-0.1, -0.05) is 6.07 Å². The highest BCUT2D eigenvalue weighted by Crippen LogP contribution is 2.15. The maximum Gasteiger partial charge on any atom is 0.274 e. The topological polar surface area (TPSA) is 54.6 Å². The Balaban J connectivity index is 2.02.